The Balaban J connectivity index is 1.63. The number of likely N-dealkylation sites (tertiary alicyclic amines) is 1. The molecule has 0 saturated carbocycles. The molecule has 2 heterocycles. The van der Waals surface area contributed by atoms with E-state index in [1.807, 2.05) is 30.3 Å². The number of carbonyl (C=O) groups excluding carboxylic acids is 2. The van der Waals surface area contributed by atoms with Crippen LogP contribution in [0.4, 0.5) is 15.0 Å². The number of methoxy groups -OCH3 is 1. The van der Waals surface area contributed by atoms with E-state index >= 15 is 0 Å². The molecule has 1 aromatic carbocycles. The molecule has 0 spiro atoms. The second-order valence-corrected chi connectivity index (χ2v) is 8.88. The van der Waals surface area contributed by atoms with Crippen LogP contribution in [0, 0.1) is 5.82 Å². The molecule has 2 N–H and O–H groups in total. The van der Waals surface area contributed by atoms with Gasteiger partial charge in [0.05, 0.1) is 7.11 Å². The Morgan fingerprint density at radius 1 is 1.21 bits per heavy atom. The van der Waals surface area contributed by atoms with Gasteiger partial charge in [-0.1, -0.05) is 30.3 Å². The number of nitrogens with zero attached hydrogens (tertiary/aromatic N) is 2. The second-order valence-electron chi connectivity index (χ2n) is 8.88. The van der Waals surface area contributed by atoms with Crippen LogP contribution in [0.3, 0.4) is 0 Å². The fourth-order valence-electron chi connectivity index (χ4n) is 3.60. The number of pyridine rings is 1. The van der Waals surface area contributed by atoms with Gasteiger partial charge in [0.25, 0.3) is 0 Å². The smallest absolute Gasteiger partial charge is 0.410 e. The summed E-state index contributed by atoms with van der Waals surface area (Å²) in [5.41, 5.74) is 0.739. The summed E-state index contributed by atoms with van der Waals surface area (Å²) < 4.78 is 25.4. The van der Waals surface area contributed by atoms with Crippen LogP contribution in [-0.4, -0.2) is 47.2 Å². The largest absolute Gasteiger partial charge is 0.481 e. The van der Waals surface area contributed by atoms with E-state index in [9.17, 15) is 14.0 Å². The number of carbonyl (C=O) groups is 2. The van der Waals surface area contributed by atoms with Gasteiger partial charge < -0.3 is 20.1 Å². The first kappa shape index (κ1) is 24.3. The molecule has 1 aromatic heterocycles. The van der Waals surface area contributed by atoms with Crippen LogP contribution in [0.1, 0.15) is 44.7 Å². The van der Waals surface area contributed by atoms with Crippen LogP contribution in [0.15, 0.2) is 36.4 Å². The summed E-state index contributed by atoms with van der Waals surface area (Å²) in [5.74, 6) is -0.598. The molecule has 2 amide bonds. The van der Waals surface area contributed by atoms with Gasteiger partial charge in [0.15, 0.2) is 11.6 Å². The average molecular weight is 459 g/mol. The Morgan fingerprint density at radius 3 is 2.61 bits per heavy atom. The first-order valence-corrected chi connectivity index (χ1v) is 11.0. The SMILES string of the molecule is COc1nc(NCc2ccccc2)c(F)cc1CNC(=O)C1CCCN1C(=O)OC(C)(C)C. The van der Waals surface area contributed by atoms with E-state index in [1.165, 1.54) is 18.1 Å². The second kappa shape index (κ2) is 10.5. The molecule has 33 heavy (non-hydrogen) atoms. The lowest BCUT2D eigenvalue weighted by Crippen LogP contribution is -2.47. The predicted molar refractivity (Wildman–Crippen MR) is 122 cm³/mol. The minimum absolute atomic E-state index is 0.0174. The van der Waals surface area contributed by atoms with Gasteiger partial charge in [-0.05, 0) is 45.2 Å². The lowest BCUT2D eigenvalue weighted by atomic mass is 10.2. The van der Waals surface area contributed by atoms with Crippen LogP contribution in [-0.2, 0) is 22.6 Å². The average Bonchev–Trinajstić information content (AvgIpc) is 3.26. The minimum Gasteiger partial charge on any atom is -0.481 e. The quantitative estimate of drug-likeness (QED) is 0.655. The van der Waals surface area contributed by atoms with Gasteiger partial charge >= 0.3 is 6.09 Å². The number of amides is 2. The van der Waals surface area contributed by atoms with Gasteiger partial charge in [-0.15, -0.1) is 0 Å². The van der Waals surface area contributed by atoms with Crippen molar-refractivity contribution in [2.75, 3.05) is 19.0 Å². The van der Waals surface area contributed by atoms with Crippen molar-refractivity contribution < 1.29 is 23.5 Å². The van der Waals surface area contributed by atoms with E-state index in [0.717, 1.165) is 5.56 Å². The molecule has 1 atom stereocenters. The van der Waals surface area contributed by atoms with Gasteiger partial charge in [0, 0.05) is 25.2 Å². The fourth-order valence-corrected chi connectivity index (χ4v) is 3.60. The summed E-state index contributed by atoms with van der Waals surface area (Å²) in [7, 11) is 1.44. The lowest BCUT2D eigenvalue weighted by molar-refractivity contribution is -0.125. The van der Waals surface area contributed by atoms with Crippen molar-refractivity contribution in [1.29, 1.82) is 0 Å². The van der Waals surface area contributed by atoms with Crippen molar-refractivity contribution in [3.63, 3.8) is 0 Å². The molecule has 1 aliphatic heterocycles. The first-order valence-electron chi connectivity index (χ1n) is 11.0. The number of ether oxygens (including phenoxy) is 2. The van der Waals surface area contributed by atoms with Crippen LogP contribution < -0.4 is 15.4 Å². The van der Waals surface area contributed by atoms with Crippen LogP contribution in [0.5, 0.6) is 5.88 Å². The number of halogens is 1. The number of aromatic nitrogens is 1. The molecule has 1 fully saturated rings. The molecule has 2 aromatic rings. The monoisotopic (exact) mass is 458 g/mol. The molecule has 8 nitrogen and oxygen atoms in total. The Labute approximate surface area is 193 Å². The standard InChI is InChI=1S/C24H31FN4O4/c1-24(2,3)33-23(31)29-12-8-11-19(29)21(30)27-15-17-13-18(25)20(28-22(17)32-4)26-14-16-9-6-5-7-10-16/h5-7,9-10,13,19H,8,11-12,14-15H2,1-4H3,(H,26,28)(H,27,30). The summed E-state index contributed by atoms with van der Waals surface area (Å²) in [6, 6.07) is 10.2. The van der Waals surface area contributed by atoms with Gasteiger partial charge in [-0.25, -0.2) is 9.18 Å². The van der Waals surface area contributed by atoms with Crippen molar-refractivity contribution in [2.24, 2.45) is 0 Å². The van der Waals surface area contributed by atoms with Crippen LogP contribution >= 0.6 is 0 Å². The third-order valence-corrected chi connectivity index (χ3v) is 5.15. The Morgan fingerprint density at radius 2 is 1.94 bits per heavy atom. The molecular weight excluding hydrogens is 427 g/mol. The summed E-state index contributed by atoms with van der Waals surface area (Å²) in [5, 5.41) is 5.74. The number of benzene rings is 1. The number of hydrogen-bond donors (Lipinski definition) is 2. The third-order valence-electron chi connectivity index (χ3n) is 5.15. The number of hydrogen-bond acceptors (Lipinski definition) is 6. The highest BCUT2D eigenvalue weighted by molar-refractivity contribution is 5.86. The zero-order valence-corrected chi connectivity index (χ0v) is 19.5. The molecule has 1 unspecified atom stereocenters. The van der Waals surface area contributed by atoms with Crippen molar-refractivity contribution in [1.82, 2.24) is 15.2 Å². The van der Waals surface area contributed by atoms with Gasteiger partial charge in [-0.2, -0.15) is 4.98 Å². The molecule has 3 rings (SSSR count). The zero-order valence-electron chi connectivity index (χ0n) is 19.5. The number of anilines is 1. The normalized spacial score (nSPS) is 15.8. The molecule has 1 saturated heterocycles. The molecular formula is C24H31FN4O4. The van der Waals surface area contributed by atoms with Gasteiger partial charge in [0.1, 0.15) is 11.6 Å². The predicted octanol–water partition coefficient (Wildman–Crippen LogP) is 3.86. The Bertz CT molecular complexity index is 978. The molecule has 9 heteroatoms. The summed E-state index contributed by atoms with van der Waals surface area (Å²) >= 11 is 0. The van der Waals surface area contributed by atoms with Crippen molar-refractivity contribution in [3.05, 3.63) is 53.3 Å². The van der Waals surface area contributed by atoms with Crippen LogP contribution in [0.25, 0.3) is 0 Å². The van der Waals surface area contributed by atoms with Crippen molar-refractivity contribution in [3.8, 4) is 5.88 Å². The molecule has 1 aliphatic rings. The highest BCUT2D eigenvalue weighted by Gasteiger charge is 2.36. The van der Waals surface area contributed by atoms with Gasteiger partial charge in [0.2, 0.25) is 11.8 Å². The maximum atomic E-state index is 14.7. The topological polar surface area (TPSA) is 92.8 Å². The van der Waals surface area contributed by atoms with E-state index in [2.05, 4.69) is 15.6 Å². The Kier molecular flexibility index (Phi) is 7.73. The summed E-state index contributed by atoms with van der Waals surface area (Å²) in [4.78, 5) is 30.9. The zero-order chi connectivity index (χ0) is 24.0. The molecule has 0 aliphatic carbocycles. The van der Waals surface area contributed by atoms with E-state index in [4.69, 9.17) is 9.47 Å². The highest BCUT2D eigenvalue weighted by Crippen LogP contribution is 2.24. The Hall–Kier alpha value is -3.36. The van der Waals surface area contributed by atoms with Crippen molar-refractivity contribution in [2.45, 2.75) is 58.3 Å². The van der Waals surface area contributed by atoms with Gasteiger partial charge in [-0.3, -0.25) is 9.69 Å². The van der Waals surface area contributed by atoms with E-state index in [-0.39, 0.29) is 24.1 Å². The number of rotatable bonds is 7. The minimum atomic E-state index is -0.645. The first-order chi connectivity index (χ1) is 15.7. The van der Waals surface area contributed by atoms with Crippen molar-refractivity contribution >= 4 is 17.8 Å². The number of nitrogens with one attached hydrogen (secondary N) is 2. The molecule has 178 valence electrons. The molecule has 0 bridgehead atoms. The third kappa shape index (κ3) is 6.57. The van der Waals surface area contributed by atoms with E-state index in [1.54, 1.807) is 20.8 Å². The molecule has 0 radical (unpaired) electrons. The van der Waals surface area contributed by atoms with E-state index < -0.39 is 23.6 Å². The van der Waals surface area contributed by atoms with E-state index in [0.29, 0.717) is 31.5 Å². The lowest BCUT2D eigenvalue weighted by Gasteiger charge is -2.28. The summed E-state index contributed by atoms with van der Waals surface area (Å²) in [6.07, 6.45) is 0.731. The maximum Gasteiger partial charge on any atom is 0.410 e. The summed E-state index contributed by atoms with van der Waals surface area (Å²) in [6.45, 7) is 6.22. The maximum absolute atomic E-state index is 14.7. The fraction of sp³-hybridized carbons (Fsp3) is 0.458. The van der Waals surface area contributed by atoms with Crippen LogP contribution in [0.2, 0.25) is 0 Å². The highest BCUT2D eigenvalue weighted by atomic mass is 19.1.